The van der Waals surface area contributed by atoms with Gasteiger partial charge in [-0.25, -0.2) is 4.39 Å². The highest BCUT2D eigenvalue weighted by molar-refractivity contribution is 9.10. The van der Waals surface area contributed by atoms with Crippen molar-refractivity contribution in [1.82, 2.24) is 0 Å². The SMILES string of the molecule is CC(N)c1ccc(Br)cc1OCc1cccc(F)c1Br. The van der Waals surface area contributed by atoms with Crippen molar-refractivity contribution < 1.29 is 9.13 Å². The topological polar surface area (TPSA) is 35.2 Å². The van der Waals surface area contributed by atoms with E-state index in [0.29, 0.717) is 10.2 Å². The highest BCUT2D eigenvalue weighted by atomic mass is 79.9. The predicted molar refractivity (Wildman–Crippen MR) is 85.2 cm³/mol. The Morgan fingerprint density at radius 3 is 2.70 bits per heavy atom. The van der Waals surface area contributed by atoms with Gasteiger partial charge >= 0.3 is 0 Å². The van der Waals surface area contributed by atoms with Gasteiger partial charge in [0.1, 0.15) is 18.2 Å². The summed E-state index contributed by atoms with van der Waals surface area (Å²) in [4.78, 5) is 0. The Morgan fingerprint density at radius 1 is 1.25 bits per heavy atom. The van der Waals surface area contributed by atoms with Gasteiger partial charge in [-0.2, -0.15) is 0 Å². The van der Waals surface area contributed by atoms with Gasteiger partial charge in [0.25, 0.3) is 0 Å². The molecule has 0 aliphatic rings. The molecular formula is C15H14Br2FNO. The summed E-state index contributed by atoms with van der Waals surface area (Å²) in [6, 6.07) is 10.5. The largest absolute Gasteiger partial charge is 0.488 e. The lowest BCUT2D eigenvalue weighted by atomic mass is 10.1. The average molecular weight is 403 g/mol. The fraction of sp³-hybridized carbons (Fsp3) is 0.200. The number of nitrogens with two attached hydrogens (primary N) is 1. The second-order valence-corrected chi connectivity index (χ2v) is 6.18. The van der Waals surface area contributed by atoms with E-state index >= 15 is 0 Å². The van der Waals surface area contributed by atoms with E-state index in [4.69, 9.17) is 10.5 Å². The van der Waals surface area contributed by atoms with Crippen molar-refractivity contribution in [3.05, 3.63) is 62.3 Å². The molecule has 0 radical (unpaired) electrons. The molecule has 1 unspecified atom stereocenters. The van der Waals surface area contributed by atoms with Crippen LogP contribution in [-0.4, -0.2) is 0 Å². The van der Waals surface area contributed by atoms with Gasteiger partial charge in [-0.15, -0.1) is 0 Å². The molecule has 0 aromatic heterocycles. The standard InChI is InChI=1S/C15H14Br2FNO/c1-9(19)12-6-5-11(16)7-14(12)20-8-10-3-2-4-13(18)15(10)17/h2-7,9H,8,19H2,1H3. The number of benzene rings is 2. The van der Waals surface area contributed by atoms with E-state index < -0.39 is 0 Å². The molecule has 0 heterocycles. The Bertz CT molecular complexity index is 617. The maximum atomic E-state index is 13.4. The van der Waals surface area contributed by atoms with Crippen LogP contribution in [0.15, 0.2) is 45.3 Å². The maximum Gasteiger partial charge on any atom is 0.137 e. The van der Waals surface area contributed by atoms with Gasteiger partial charge in [-0.1, -0.05) is 34.1 Å². The van der Waals surface area contributed by atoms with E-state index in [2.05, 4.69) is 31.9 Å². The smallest absolute Gasteiger partial charge is 0.137 e. The van der Waals surface area contributed by atoms with Crippen LogP contribution in [0.2, 0.25) is 0 Å². The summed E-state index contributed by atoms with van der Waals surface area (Å²) in [5.74, 6) is 0.401. The Labute approximate surface area is 134 Å². The zero-order chi connectivity index (χ0) is 14.7. The van der Waals surface area contributed by atoms with Crippen molar-refractivity contribution in [1.29, 1.82) is 0 Å². The summed E-state index contributed by atoms with van der Waals surface area (Å²) >= 11 is 6.63. The first-order valence-electron chi connectivity index (χ1n) is 6.09. The maximum absolute atomic E-state index is 13.4. The van der Waals surface area contributed by atoms with Crippen LogP contribution < -0.4 is 10.5 Å². The molecule has 0 bridgehead atoms. The Kier molecular flexibility index (Phi) is 5.18. The fourth-order valence-electron chi connectivity index (χ4n) is 1.82. The van der Waals surface area contributed by atoms with Crippen molar-refractivity contribution in [2.45, 2.75) is 19.6 Å². The first-order valence-corrected chi connectivity index (χ1v) is 7.68. The molecule has 1 atom stereocenters. The highest BCUT2D eigenvalue weighted by Gasteiger charge is 2.11. The predicted octanol–water partition coefficient (Wildman–Crippen LogP) is 4.95. The van der Waals surface area contributed by atoms with Crippen molar-refractivity contribution >= 4 is 31.9 Å². The molecule has 0 fully saturated rings. The van der Waals surface area contributed by atoms with E-state index in [0.717, 1.165) is 15.6 Å². The summed E-state index contributed by atoms with van der Waals surface area (Å²) in [5.41, 5.74) is 7.59. The van der Waals surface area contributed by atoms with Gasteiger partial charge < -0.3 is 10.5 Å². The van der Waals surface area contributed by atoms with Crippen molar-refractivity contribution in [3.8, 4) is 5.75 Å². The lowest BCUT2D eigenvalue weighted by molar-refractivity contribution is 0.300. The number of rotatable bonds is 4. The number of halogens is 3. The van der Waals surface area contributed by atoms with Crippen LogP contribution in [0.1, 0.15) is 24.1 Å². The minimum absolute atomic E-state index is 0.131. The number of hydrogen-bond donors (Lipinski definition) is 1. The lowest BCUT2D eigenvalue weighted by Gasteiger charge is -2.15. The molecule has 0 saturated heterocycles. The monoisotopic (exact) mass is 401 g/mol. The molecule has 0 aliphatic carbocycles. The minimum Gasteiger partial charge on any atom is -0.488 e. The van der Waals surface area contributed by atoms with Crippen LogP contribution in [0.3, 0.4) is 0 Å². The van der Waals surface area contributed by atoms with Gasteiger partial charge in [0, 0.05) is 21.6 Å². The molecule has 0 aliphatic heterocycles. The zero-order valence-electron chi connectivity index (χ0n) is 10.9. The molecule has 0 amide bonds. The number of ether oxygens (including phenoxy) is 1. The van der Waals surface area contributed by atoms with Crippen LogP contribution in [0, 0.1) is 5.82 Å². The third-order valence-corrected chi connectivity index (χ3v) is 4.26. The zero-order valence-corrected chi connectivity index (χ0v) is 14.0. The lowest BCUT2D eigenvalue weighted by Crippen LogP contribution is -2.08. The Hall–Kier alpha value is -0.910. The molecule has 0 saturated carbocycles. The van der Waals surface area contributed by atoms with Crippen LogP contribution in [-0.2, 0) is 6.61 Å². The molecule has 2 aromatic carbocycles. The van der Waals surface area contributed by atoms with Crippen molar-refractivity contribution in [2.24, 2.45) is 5.73 Å². The normalized spacial score (nSPS) is 12.2. The summed E-state index contributed by atoms with van der Waals surface area (Å²) < 4.78 is 20.6. The molecule has 2 aromatic rings. The molecule has 2 rings (SSSR count). The molecule has 20 heavy (non-hydrogen) atoms. The third kappa shape index (κ3) is 3.59. The first-order chi connectivity index (χ1) is 9.49. The molecule has 2 nitrogen and oxygen atoms in total. The van der Waals surface area contributed by atoms with E-state index in [-0.39, 0.29) is 18.5 Å². The second kappa shape index (κ2) is 6.70. The second-order valence-electron chi connectivity index (χ2n) is 4.47. The van der Waals surface area contributed by atoms with E-state index in [9.17, 15) is 4.39 Å². The summed E-state index contributed by atoms with van der Waals surface area (Å²) in [6.07, 6.45) is 0. The van der Waals surface area contributed by atoms with Crippen LogP contribution in [0.5, 0.6) is 5.75 Å². The molecule has 2 N–H and O–H groups in total. The summed E-state index contributed by atoms with van der Waals surface area (Å²) in [6.45, 7) is 2.17. The first kappa shape index (κ1) is 15.5. The molecule has 5 heteroatoms. The van der Waals surface area contributed by atoms with Crippen LogP contribution >= 0.6 is 31.9 Å². The van der Waals surface area contributed by atoms with E-state index in [1.807, 2.05) is 31.2 Å². The minimum atomic E-state index is -0.298. The quantitative estimate of drug-likeness (QED) is 0.785. The van der Waals surface area contributed by atoms with Crippen LogP contribution in [0.4, 0.5) is 4.39 Å². The molecular weight excluding hydrogens is 389 g/mol. The number of hydrogen-bond acceptors (Lipinski definition) is 2. The molecule has 0 spiro atoms. The fourth-order valence-corrected chi connectivity index (χ4v) is 2.54. The van der Waals surface area contributed by atoms with Gasteiger partial charge in [-0.3, -0.25) is 0 Å². The van der Waals surface area contributed by atoms with Crippen LogP contribution in [0.25, 0.3) is 0 Å². The Morgan fingerprint density at radius 2 is 2.00 bits per heavy atom. The van der Waals surface area contributed by atoms with Gasteiger partial charge in [-0.05, 0) is 41.1 Å². The third-order valence-electron chi connectivity index (χ3n) is 2.88. The Balaban J connectivity index is 2.22. The highest BCUT2D eigenvalue weighted by Crippen LogP contribution is 2.29. The molecule has 106 valence electrons. The van der Waals surface area contributed by atoms with Crippen molar-refractivity contribution in [3.63, 3.8) is 0 Å². The van der Waals surface area contributed by atoms with Gasteiger partial charge in [0.15, 0.2) is 0 Å². The van der Waals surface area contributed by atoms with Crippen molar-refractivity contribution in [2.75, 3.05) is 0 Å². The van der Waals surface area contributed by atoms with Gasteiger partial charge in [0.05, 0.1) is 4.47 Å². The van der Waals surface area contributed by atoms with E-state index in [1.165, 1.54) is 6.07 Å². The summed E-state index contributed by atoms with van der Waals surface area (Å²) in [7, 11) is 0. The average Bonchev–Trinajstić information content (AvgIpc) is 2.40. The summed E-state index contributed by atoms with van der Waals surface area (Å²) in [5, 5.41) is 0. The van der Waals surface area contributed by atoms with E-state index in [1.54, 1.807) is 6.07 Å². The van der Waals surface area contributed by atoms with Gasteiger partial charge in [0.2, 0.25) is 0 Å².